The lowest BCUT2D eigenvalue weighted by atomic mass is 10.4. The van der Waals surface area contributed by atoms with Gasteiger partial charge in [0.25, 0.3) is 0 Å². The number of hydrogen-bond donors (Lipinski definition) is 3. The zero-order valence-electron chi connectivity index (χ0n) is 6.39. The van der Waals surface area contributed by atoms with Crippen molar-refractivity contribution >= 4 is 5.84 Å². The van der Waals surface area contributed by atoms with Gasteiger partial charge in [-0.1, -0.05) is 6.92 Å². The van der Waals surface area contributed by atoms with Gasteiger partial charge in [-0.3, -0.25) is 0 Å². The van der Waals surface area contributed by atoms with Crippen molar-refractivity contribution in [3.05, 3.63) is 11.9 Å². The summed E-state index contributed by atoms with van der Waals surface area (Å²) in [4.78, 5) is 0. The minimum absolute atomic E-state index is 0.575. The zero-order chi connectivity index (χ0) is 7.98. The molecule has 4 nitrogen and oxygen atoms in total. The van der Waals surface area contributed by atoms with Gasteiger partial charge in [0.1, 0.15) is 5.84 Å². The summed E-state index contributed by atoms with van der Waals surface area (Å²) in [5.74, 6) is 6.29. The maximum absolute atomic E-state index is 5.44. The molecule has 10 heavy (non-hydrogen) atoms. The van der Waals surface area contributed by atoms with Crippen LogP contribution in [0.2, 0.25) is 0 Å². The Morgan fingerprint density at radius 2 is 2.30 bits per heavy atom. The normalized spacial score (nSPS) is 13.4. The molecular formula is C6H14N4. The van der Waals surface area contributed by atoms with Gasteiger partial charge in [0.2, 0.25) is 0 Å². The summed E-state index contributed by atoms with van der Waals surface area (Å²) < 4.78 is 0. The Morgan fingerprint density at radius 1 is 1.70 bits per heavy atom. The van der Waals surface area contributed by atoms with Gasteiger partial charge in [-0.2, -0.15) is 5.10 Å². The highest BCUT2D eigenvalue weighted by molar-refractivity contribution is 5.82. The van der Waals surface area contributed by atoms with Crippen molar-refractivity contribution < 1.29 is 0 Å². The summed E-state index contributed by atoms with van der Waals surface area (Å²) in [5, 5.41) is 6.31. The molecule has 0 unspecified atom stereocenters. The molecule has 4 heteroatoms. The molecule has 0 amide bonds. The zero-order valence-corrected chi connectivity index (χ0v) is 6.39. The standard InChI is InChI=1S/C6H14N4/c1-3-5(7)9-6(4-2)10-8/h3H,4,7-8H2,1-2H3,(H,9,10)/b5-3-. The highest BCUT2D eigenvalue weighted by Gasteiger charge is 1.92. The molecule has 0 saturated carbocycles. The smallest absolute Gasteiger partial charge is 0.127 e. The average Bonchev–Trinajstić information content (AvgIpc) is 1.99. The van der Waals surface area contributed by atoms with Gasteiger partial charge in [-0.25, -0.2) is 0 Å². The first-order valence-electron chi connectivity index (χ1n) is 3.20. The lowest BCUT2D eigenvalue weighted by molar-refractivity contribution is 0.998. The van der Waals surface area contributed by atoms with E-state index in [2.05, 4.69) is 10.4 Å². The van der Waals surface area contributed by atoms with Crippen LogP contribution in [0.5, 0.6) is 0 Å². The van der Waals surface area contributed by atoms with Crippen LogP contribution in [-0.4, -0.2) is 5.84 Å². The highest BCUT2D eigenvalue weighted by atomic mass is 15.2. The maximum Gasteiger partial charge on any atom is 0.127 e. The monoisotopic (exact) mass is 142 g/mol. The molecule has 58 valence electrons. The number of nitrogens with two attached hydrogens (primary N) is 2. The fourth-order valence-corrected chi connectivity index (χ4v) is 0.451. The molecule has 0 heterocycles. The van der Waals surface area contributed by atoms with E-state index >= 15 is 0 Å². The molecule has 0 aliphatic rings. The van der Waals surface area contributed by atoms with Gasteiger partial charge < -0.3 is 16.9 Å². The molecule has 0 rings (SSSR count). The lowest BCUT2D eigenvalue weighted by Crippen LogP contribution is -2.27. The second kappa shape index (κ2) is 4.67. The van der Waals surface area contributed by atoms with Crippen molar-refractivity contribution in [1.82, 2.24) is 5.32 Å². The highest BCUT2D eigenvalue weighted by Crippen LogP contribution is 1.82. The van der Waals surface area contributed by atoms with E-state index in [0.717, 1.165) is 6.42 Å². The minimum Gasteiger partial charge on any atom is -0.386 e. The molecule has 0 aromatic rings. The quantitative estimate of drug-likeness (QED) is 0.221. The molecular weight excluding hydrogens is 128 g/mol. The van der Waals surface area contributed by atoms with Crippen molar-refractivity contribution in [1.29, 1.82) is 0 Å². The van der Waals surface area contributed by atoms with E-state index in [9.17, 15) is 0 Å². The maximum atomic E-state index is 5.44. The largest absolute Gasteiger partial charge is 0.386 e. The van der Waals surface area contributed by atoms with E-state index < -0.39 is 0 Å². The SMILES string of the molecule is C/C=C(/N)N/C(CC)=N\N. The molecule has 0 saturated heterocycles. The summed E-state index contributed by atoms with van der Waals surface area (Å²) in [5.41, 5.74) is 5.44. The number of nitrogens with zero attached hydrogens (tertiary/aromatic N) is 1. The van der Waals surface area contributed by atoms with E-state index in [0.29, 0.717) is 11.7 Å². The Hall–Kier alpha value is -1.19. The Kier molecular flexibility index (Phi) is 4.11. The predicted molar refractivity (Wildman–Crippen MR) is 43.0 cm³/mol. The minimum atomic E-state index is 0.575. The number of hydrazone groups is 1. The van der Waals surface area contributed by atoms with Crippen LogP contribution in [0.15, 0.2) is 17.0 Å². The Balaban J connectivity index is 3.88. The van der Waals surface area contributed by atoms with Crippen molar-refractivity contribution in [2.45, 2.75) is 20.3 Å². The van der Waals surface area contributed by atoms with Crippen LogP contribution in [0.3, 0.4) is 0 Å². The summed E-state index contributed by atoms with van der Waals surface area (Å²) in [6.07, 6.45) is 2.51. The molecule has 5 N–H and O–H groups in total. The third-order valence-electron chi connectivity index (χ3n) is 1.09. The Bertz CT molecular complexity index is 148. The van der Waals surface area contributed by atoms with E-state index in [4.69, 9.17) is 11.6 Å². The first-order chi connectivity index (χ1) is 4.74. The summed E-state index contributed by atoms with van der Waals surface area (Å²) in [6, 6.07) is 0. The fraction of sp³-hybridized carbons (Fsp3) is 0.500. The molecule has 0 aliphatic heterocycles. The number of allylic oxidation sites excluding steroid dienone is 1. The second-order valence-electron chi connectivity index (χ2n) is 1.80. The van der Waals surface area contributed by atoms with Crippen molar-refractivity contribution in [3.8, 4) is 0 Å². The number of hydrogen-bond acceptors (Lipinski definition) is 3. The van der Waals surface area contributed by atoms with Crippen molar-refractivity contribution in [2.75, 3.05) is 0 Å². The van der Waals surface area contributed by atoms with Gasteiger partial charge in [-0.15, -0.1) is 0 Å². The van der Waals surface area contributed by atoms with Gasteiger partial charge in [0, 0.05) is 6.42 Å². The first kappa shape index (κ1) is 8.81. The molecule has 0 fully saturated rings. The third kappa shape index (κ3) is 2.96. The van der Waals surface area contributed by atoms with Crippen LogP contribution in [0.1, 0.15) is 20.3 Å². The van der Waals surface area contributed by atoms with Crippen LogP contribution in [0, 0.1) is 0 Å². The van der Waals surface area contributed by atoms with Crippen LogP contribution >= 0.6 is 0 Å². The van der Waals surface area contributed by atoms with E-state index in [-0.39, 0.29) is 0 Å². The van der Waals surface area contributed by atoms with Gasteiger partial charge >= 0.3 is 0 Å². The van der Waals surface area contributed by atoms with Crippen LogP contribution in [-0.2, 0) is 0 Å². The molecule has 0 aliphatic carbocycles. The van der Waals surface area contributed by atoms with Crippen molar-refractivity contribution in [2.24, 2.45) is 16.7 Å². The average molecular weight is 142 g/mol. The predicted octanol–water partition coefficient (Wildman–Crippen LogP) is 0.0782. The molecule has 0 radical (unpaired) electrons. The number of amidine groups is 1. The molecule has 0 bridgehead atoms. The Morgan fingerprint density at radius 3 is 2.60 bits per heavy atom. The molecule has 0 aromatic carbocycles. The summed E-state index contributed by atoms with van der Waals surface area (Å²) >= 11 is 0. The van der Waals surface area contributed by atoms with Crippen molar-refractivity contribution in [3.63, 3.8) is 0 Å². The summed E-state index contributed by atoms with van der Waals surface area (Å²) in [7, 11) is 0. The van der Waals surface area contributed by atoms with Crippen LogP contribution in [0.4, 0.5) is 0 Å². The Labute approximate surface area is 61.0 Å². The second-order valence-corrected chi connectivity index (χ2v) is 1.80. The fourth-order valence-electron chi connectivity index (χ4n) is 0.451. The van der Waals surface area contributed by atoms with E-state index in [1.165, 1.54) is 0 Å². The van der Waals surface area contributed by atoms with Crippen LogP contribution in [0.25, 0.3) is 0 Å². The third-order valence-corrected chi connectivity index (χ3v) is 1.09. The first-order valence-corrected chi connectivity index (χ1v) is 3.20. The van der Waals surface area contributed by atoms with Gasteiger partial charge in [0.15, 0.2) is 0 Å². The van der Waals surface area contributed by atoms with E-state index in [1.54, 1.807) is 6.08 Å². The van der Waals surface area contributed by atoms with E-state index in [1.807, 2.05) is 13.8 Å². The molecule has 0 aromatic heterocycles. The van der Waals surface area contributed by atoms with Gasteiger partial charge in [0.05, 0.1) is 5.82 Å². The molecule has 0 atom stereocenters. The topological polar surface area (TPSA) is 76.4 Å². The number of nitrogens with one attached hydrogen (secondary N) is 1. The summed E-state index contributed by atoms with van der Waals surface area (Å²) in [6.45, 7) is 3.79. The lowest BCUT2D eigenvalue weighted by Gasteiger charge is -2.04. The molecule has 0 spiro atoms. The van der Waals surface area contributed by atoms with Crippen LogP contribution < -0.4 is 16.9 Å². The van der Waals surface area contributed by atoms with Gasteiger partial charge in [-0.05, 0) is 13.0 Å². The number of rotatable bonds is 2.